The van der Waals surface area contributed by atoms with Crippen LogP contribution in [0.1, 0.15) is 27.2 Å². The summed E-state index contributed by atoms with van der Waals surface area (Å²) in [6, 6.07) is 9.17. The highest BCUT2D eigenvalue weighted by atomic mass is 16.4. The lowest BCUT2D eigenvalue weighted by atomic mass is 10.1. The van der Waals surface area contributed by atoms with Crippen molar-refractivity contribution in [2.45, 2.75) is 20.4 Å². The number of nitrogens with one attached hydrogen (secondary N) is 1. The lowest BCUT2D eigenvalue weighted by Gasteiger charge is -2.11. The summed E-state index contributed by atoms with van der Waals surface area (Å²) in [7, 11) is 0. The monoisotopic (exact) mass is 256 g/mol. The lowest BCUT2D eigenvalue weighted by molar-refractivity contribution is 0.0696. The predicted molar refractivity (Wildman–Crippen MR) is 74.4 cm³/mol. The molecule has 2 N–H and O–H groups in total. The molecule has 1 heterocycles. The van der Waals surface area contributed by atoms with Crippen LogP contribution in [0.2, 0.25) is 0 Å². The molecule has 0 amide bonds. The van der Waals surface area contributed by atoms with Crippen molar-refractivity contribution in [2.75, 3.05) is 5.32 Å². The van der Waals surface area contributed by atoms with E-state index in [2.05, 4.69) is 10.3 Å². The molecule has 0 saturated carbocycles. The number of hydrogen-bond donors (Lipinski definition) is 2. The molecule has 4 heteroatoms. The largest absolute Gasteiger partial charge is 0.478 e. The molecule has 2 aromatic rings. The van der Waals surface area contributed by atoms with Crippen LogP contribution in [0.25, 0.3) is 0 Å². The molecule has 0 aliphatic heterocycles. The van der Waals surface area contributed by atoms with E-state index in [1.807, 2.05) is 31.3 Å². The minimum absolute atomic E-state index is 0.321. The standard InChI is InChI=1S/C15H16N2O2/c1-10-6-7-12(16-8-10)9-17-14-5-3-4-13(11(14)2)15(18)19/h3-8,17H,9H2,1-2H3,(H,18,19). The van der Waals surface area contributed by atoms with E-state index in [1.165, 1.54) is 0 Å². The third-order valence-electron chi connectivity index (χ3n) is 3.00. The van der Waals surface area contributed by atoms with Gasteiger partial charge in [-0.15, -0.1) is 0 Å². The van der Waals surface area contributed by atoms with E-state index in [4.69, 9.17) is 5.11 Å². The van der Waals surface area contributed by atoms with Gasteiger partial charge in [0.05, 0.1) is 17.8 Å². The maximum atomic E-state index is 11.0. The van der Waals surface area contributed by atoms with Gasteiger partial charge < -0.3 is 10.4 Å². The molecule has 0 radical (unpaired) electrons. The zero-order valence-corrected chi connectivity index (χ0v) is 11.0. The van der Waals surface area contributed by atoms with Crippen LogP contribution in [0.15, 0.2) is 36.5 Å². The molecule has 4 nitrogen and oxygen atoms in total. The maximum absolute atomic E-state index is 11.0. The predicted octanol–water partition coefficient (Wildman–Crippen LogP) is 3.01. The maximum Gasteiger partial charge on any atom is 0.336 e. The van der Waals surface area contributed by atoms with Crippen LogP contribution in [0, 0.1) is 13.8 Å². The Morgan fingerprint density at radius 3 is 2.68 bits per heavy atom. The van der Waals surface area contributed by atoms with E-state index in [0.29, 0.717) is 12.1 Å². The Balaban J connectivity index is 2.13. The second kappa shape index (κ2) is 5.52. The smallest absolute Gasteiger partial charge is 0.336 e. The number of anilines is 1. The van der Waals surface area contributed by atoms with Gasteiger partial charge in [-0.25, -0.2) is 4.79 Å². The molecule has 0 aliphatic rings. The van der Waals surface area contributed by atoms with Gasteiger partial charge in [-0.1, -0.05) is 12.1 Å². The minimum atomic E-state index is -0.908. The Bertz CT molecular complexity index is 592. The van der Waals surface area contributed by atoms with Crippen molar-refractivity contribution in [3.05, 3.63) is 58.9 Å². The summed E-state index contributed by atoms with van der Waals surface area (Å²) in [6.45, 7) is 4.36. The molecule has 0 saturated heterocycles. The summed E-state index contributed by atoms with van der Waals surface area (Å²) in [4.78, 5) is 15.3. The Hall–Kier alpha value is -2.36. The number of aryl methyl sites for hydroxylation is 1. The van der Waals surface area contributed by atoms with Crippen molar-refractivity contribution in [1.29, 1.82) is 0 Å². The number of carboxylic acids is 1. The Labute approximate surface area is 112 Å². The first-order valence-electron chi connectivity index (χ1n) is 6.06. The van der Waals surface area contributed by atoms with E-state index in [1.54, 1.807) is 19.1 Å². The number of aromatic carboxylic acids is 1. The summed E-state index contributed by atoms with van der Waals surface area (Å²) in [5, 5.41) is 12.3. The van der Waals surface area contributed by atoms with Crippen LogP contribution in [0.3, 0.4) is 0 Å². The van der Waals surface area contributed by atoms with Gasteiger partial charge in [0.1, 0.15) is 0 Å². The molecule has 0 bridgehead atoms. The molecule has 0 atom stereocenters. The molecule has 0 unspecified atom stereocenters. The molecule has 1 aromatic carbocycles. The van der Waals surface area contributed by atoms with Crippen molar-refractivity contribution in [2.24, 2.45) is 0 Å². The summed E-state index contributed by atoms with van der Waals surface area (Å²) in [6.07, 6.45) is 1.82. The zero-order valence-electron chi connectivity index (χ0n) is 11.0. The minimum Gasteiger partial charge on any atom is -0.478 e. The Morgan fingerprint density at radius 1 is 1.26 bits per heavy atom. The summed E-state index contributed by atoms with van der Waals surface area (Å²) < 4.78 is 0. The summed E-state index contributed by atoms with van der Waals surface area (Å²) >= 11 is 0. The van der Waals surface area contributed by atoms with Crippen molar-refractivity contribution < 1.29 is 9.90 Å². The number of hydrogen-bond acceptors (Lipinski definition) is 3. The molecule has 19 heavy (non-hydrogen) atoms. The lowest BCUT2D eigenvalue weighted by Crippen LogP contribution is -2.06. The first-order chi connectivity index (χ1) is 9.08. The van der Waals surface area contributed by atoms with E-state index >= 15 is 0 Å². The fraction of sp³-hybridized carbons (Fsp3) is 0.200. The zero-order chi connectivity index (χ0) is 13.8. The highest BCUT2D eigenvalue weighted by molar-refractivity contribution is 5.91. The SMILES string of the molecule is Cc1ccc(CNc2cccc(C(=O)O)c2C)nc1. The fourth-order valence-corrected chi connectivity index (χ4v) is 1.85. The second-order valence-corrected chi connectivity index (χ2v) is 4.46. The quantitative estimate of drug-likeness (QED) is 0.882. The average Bonchev–Trinajstić information content (AvgIpc) is 2.39. The van der Waals surface area contributed by atoms with Crippen molar-refractivity contribution >= 4 is 11.7 Å². The highest BCUT2D eigenvalue weighted by Crippen LogP contribution is 2.19. The fourth-order valence-electron chi connectivity index (χ4n) is 1.85. The first-order valence-corrected chi connectivity index (χ1v) is 6.06. The molecule has 0 fully saturated rings. The van der Waals surface area contributed by atoms with Crippen LogP contribution in [-0.4, -0.2) is 16.1 Å². The van der Waals surface area contributed by atoms with Crippen molar-refractivity contribution in [3.63, 3.8) is 0 Å². The van der Waals surface area contributed by atoms with E-state index in [-0.39, 0.29) is 0 Å². The number of nitrogens with zero attached hydrogens (tertiary/aromatic N) is 1. The van der Waals surface area contributed by atoms with E-state index < -0.39 is 5.97 Å². The number of rotatable bonds is 4. The van der Waals surface area contributed by atoms with Crippen LogP contribution in [-0.2, 0) is 6.54 Å². The Kier molecular flexibility index (Phi) is 3.80. The van der Waals surface area contributed by atoms with Crippen LogP contribution < -0.4 is 5.32 Å². The van der Waals surface area contributed by atoms with Crippen LogP contribution >= 0.6 is 0 Å². The van der Waals surface area contributed by atoms with E-state index in [9.17, 15) is 4.79 Å². The number of benzene rings is 1. The van der Waals surface area contributed by atoms with Gasteiger partial charge in [-0.05, 0) is 43.2 Å². The van der Waals surface area contributed by atoms with E-state index in [0.717, 1.165) is 22.5 Å². The third-order valence-corrected chi connectivity index (χ3v) is 3.00. The molecular weight excluding hydrogens is 240 g/mol. The van der Waals surface area contributed by atoms with Gasteiger partial charge >= 0.3 is 5.97 Å². The van der Waals surface area contributed by atoms with Gasteiger partial charge in [0, 0.05) is 11.9 Å². The molecule has 1 aromatic heterocycles. The topological polar surface area (TPSA) is 62.2 Å². The third kappa shape index (κ3) is 3.10. The molecule has 0 spiro atoms. The van der Waals surface area contributed by atoms with Gasteiger partial charge in [-0.2, -0.15) is 0 Å². The number of aromatic nitrogens is 1. The molecular formula is C15H16N2O2. The van der Waals surface area contributed by atoms with Crippen molar-refractivity contribution in [3.8, 4) is 0 Å². The van der Waals surface area contributed by atoms with Gasteiger partial charge in [0.25, 0.3) is 0 Å². The highest BCUT2D eigenvalue weighted by Gasteiger charge is 2.09. The van der Waals surface area contributed by atoms with Crippen molar-refractivity contribution in [1.82, 2.24) is 4.98 Å². The number of pyridine rings is 1. The Morgan fingerprint density at radius 2 is 2.05 bits per heavy atom. The van der Waals surface area contributed by atoms with Gasteiger partial charge in [-0.3, -0.25) is 4.98 Å². The van der Waals surface area contributed by atoms with Gasteiger partial charge in [0.2, 0.25) is 0 Å². The second-order valence-electron chi connectivity index (χ2n) is 4.46. The molecule has 0 aliphatic carbocycles. The number of carboxylic acid groups (broad SMARTS) is 1. The average molecular weight is 256 g/mol. The first kappa shape index (κ1) is 13.1. The number of carbonyl (C=O) groups is 1. The van der Waals surface area contributed by atoms with Crippen LogP contribution in [0.5, 0.6) is 0 Å². The summed E-state index contributed by atoms with van der Waals surface area (Å²) in [5.74, 6) is -0.908. The molecule has 2 rings (SSSR count). The summed E-state index contributed by atoms with van der Waals surface area (Å²) in [5.41, 5.74) is 3.92. The van der Waals surface area contributed by atoms with Gasteiger partial charge in [0.15, 0.2) is 0 Å². The molecule has 98 valence electrons. The normalized spacial score (nSPS) is 10.2. The van der Waals surface area contributed by atoms with Crippen LogP contribution in [0.4, 0.5) is 5.69 Å².